The van der Waals surface area contributed by atoms with Gasteiger partial charge < -0.3 is 15.7 Å². The van der Waals surface area contributed by atoms with E-state index in [2.05, 4.69) is 4.98 Å². The fraction of sp³-hybridized carbons (Fsp3) is 0.455. The Morgan fingerprint density at radius 3 is 3.00 bits per heavy atom. The summed E-state index contributed by atoms with van der Waals surface area (Å²) in [6.45, 7) is 0.621. The number of aliphatic hydroxyl groups is 1. The first-order valence-electron chi connectivity index (χ1n) is 5.18. The highest BCUT2D eigenvalue weighted by atomic mass is 16.3. The lowest BCUT2D eigenvalue weighted by Crippen LogP contribution is -2.22. The molecule has 0 aliphatic rings. The summed E-state index contributed by atoms with van der Waals surface area (Å²) in [7, 11) is 1.86. The molecule has 88 valence electrons. The molecule has 0 aliphatic carbocycles. The zero-order chi connectivity index (χ0) is 12.0. The second kappa shape index (κ2) is 6.07. The molecule has 0 atom stereocenters. The molecule has 0 aliphatic heterocycles. The molecule has 0 bridgehead atoms. The van der Waals surface area contributed by atoms with E-state index in [-0.39, 0.29) is 12.5 Å². The first kappa shape index (κ1) is 12.4. The smallest absolute Gasteiger partial charge is 0.217 e. The number of hydrogen-bond acceptors (Lipinski definition) is 4. The van der Waals surface area contributed by atoms with Crippen LogP contribution >= 0.6 is 0 Å². The Hall–Kier alpha value is -1.62. The summed E-state index contributed by atoms with van der Waals surface area (Å²) >= 11 is 0. The Morgan fingerprint density at radius 2 is 2.38 bits per heavy atom. The molecule has 1 rings (SSSR count). The van der Waals surface area contributed by atoms with Crippen LogP contribution in [0.3, 0.4) is 0 Å². The topological polar surface area (TPSA) is 79.5 Å². The van der Waals surface area contributed by atoms with Crippen LogP contribution in [0.4, 0.5) is 5.82 Å². The average molecular weight is 223 g/mol. The molecular formula is C11H17N3O2. The van der Waals surface area contributed by atoms with Gasteiger partial charge in [0.05, 0.1) is 6.61 Å². The summed E-state index contributed by atoms with van der Waals surface area (Å²) in [5.74, 6) is 0.484. The highest BCUT2D eigenvalue weighted by Crippen LogP contribution is 2.12. The number of aliphatic hydroxyl groups excluding tert-OH is 1. The van der Waals surface area contributed by atoms with Crippen molar-refractivity contribution in [1.82, 2.24) is 4.98 Å². The lowest BCUT2D eigenvalue weighted by molar-refractivity contribution is -0.117. The van der Waals surface area contributed by atoms with Gasteiger partial charge >= 0.3 is 0 Å². The number of carbonyl (C=O) groups excluding carboxylic acids is 1. The number of hydrogen-bond donors (Lipinski definition) is 2. The first-order valence-corrected chi connectivity index (χ1v) is 5.18. The zero-order valence-electron chi connectivity index (χ0n) is 9.39. The molecule has 1 heterocycles. The molecular weight excluding hydrogens is 206 g/mol. The molecule has 1 aromatic rings. The molecule has 0 spiro atoms. The van der Waals surface area contributed by atoms with Crippen LogP contribution in [0.1, 0.15) is 12.0 Å². The van der Waals surface area contributed by atoms with E-state index in [0.29, 0.717) is 19.4 Å². The minimum absolute atomic E-state index is 0.0870. The van der Waals surface area contributed by atoms with Gasteiger partial charge in [0, 0.05) is 26.2 Å². The molecule has 3 N–H and O–H groups in total. The van der Waals surface area contributed by atoms with E-state index in [0.717, 1.165) is 11.4 Å². The summed E-state index contributed by atoms with van der Waals surface area (Å²) in [6, 6.07) is 3.76. The standard InChI is InChI=1S/C11H17N3O2/c1-14(6-7-15)11-8-9(4-5-13-11)2-3-10(12)16/h4-5,8,15H,2-3,6-7H2,1H3,(H2,12,16). The number of primary amides is 1. The Bertz CT molecular complexity index is 355. The van der Waals surface area contributed by atoms with Gasteiger partial charge in [-0.3, -0.25) is 4.79 Å². The van der Waals surface area contributed by atoms with E-state index in [4.69, 9.17) is 10.8 Å². The minimum Gasteiger partial charge on any atom is -0.395 e. The van der Waals surface area contributed by atoms with Crippen LogP contribution in [-0.4, -0.2) is 36.2 Å². The van der Waals surface area contributed by atoms with Crippen molar-refractivity contribution in [3.8, 4) is 0 Å². The maximum atomic E-state index is 10.7. The van der Waals surface area contributed by atoms with Gasteiger partial charge in [-0.1, -0.05) is 0 Å². The maximum absolute atomic E-state index is 10.7. The number of pyridine rings is 1. The maximum Gasteiger partial charge on any atom is 0.217 e. The van der Waals surface area contributed by atoms with Crippen LogP contribution in [0.2, 0.25) is 0 Å². The van der Waals surface area contributed by atoms with Gasteiger partial charge in [-0.25, -0.2) is 4.98 Å². The number of anilines is 1. The predicted molar refractivity (Wildman–Crippen MR) is 62.1 cm³/mol. The fourth-order valence-electron chi connectivity index (χ4n) is 1.36. The second-order valence-corrected chi connectivity index (χ2v) is 3.63. The third kappa shape index (κ3) is 3.86. The van der Waals surface area contributed by atoms with Gasteiger partial charge in [0.15, 0.2) is 0 Å². The van der Waals surface area contributed by atoms with E-state index >= 15 is 0 Å². The number of amides is 1. The molecule has 0 saturated heterocycles. The van der Waals surface area contributed by atoms with Gasteiger partial charge in [-0.15, -0.1) is 0 Å². The normalized spacial score (nSPS) is 10.1. The molecule has 1 amide bonds. The van der Waals surface area contributed by atoms with Crippen molar-refractivity contribution in [2.24, 2.45) is 5.73 Å². The first-order chi connectivity index (χ1) is 7.63. The molecule has 0 aromatic carbocycles. The van der Waals surface area contributed by atoms with Crippen molar-refractivity contribution >= 4 is 11.7 Å². The van der Waals surface area contributed by atoms with Crippen LogP contribution in [0, 0.1) is 0 Å². The highest BCUT2D eigenvalue weighted by molar-refractivity contribution is 5.74. The van der Waals surface area contributed by atoms with Crippen LogP contribution in [-0.2, 0) is 11.2 Å². The van der Waals surface area contributed by atoms with E-state index in [1.54, 1.807) is 6.20 Å². The number of rotatable bonds is 6. The van der Waals surface area contributed by atoms with Gasteiger partial charge in [-0.2, -0.15) is 0 Å². The van der Waals surface area contributed by atoms with Gasteiger partial charge in [0.25, 0.3) is 0 Å². The molecule has 1 aromatic heterocycles. The third-order valence-corrected chi connectivity index (χ3v) is 2.30. The molecule has 0 saturated carbocycles. The van der Waals surface area contributed by atoms with Crippen LogP contribution in [0.5, 0.6) is 0 Å². The Balaban J connectivity index is 2.66. The second-order valence-electron chi connectivity index (χ2n) is 3.63. The van der Waals surface area contributed by atoms with Crippen LogP contribution in [0.15, 0.2) is 18.3 Å². The lowest BCUT2D eigenvalue weighted by atomic mass is 10.1. The highest BCUT2D eigenvalue weighted by Gasteiger charge is 2.03. The average Bonchev–Trinajstić information content (AvgIpc) is 2.27. The van der Waals surface area contributed by atoms with Crippen molar-refractivity contribution in [3.05, 3.63) is 23.9 Å². The van der Waals surface area contributed by atoms with Crippen LogP contribution in [0.25, 0.3) is 0 Å². The summed E-state index contributed by atoms with van der Waals surface area (Å²) in [6.07, 6.45) is 2.66. The summed E-state index contributed by atoms with van der Waals surface area (Å²) in [5.41, 5.74) is 6.11. The zero-order valence-corrected chi connectivity index (χ0v) is 9.39. The van der Waals surface area contributed by atoms with Crippen molar-refractivity contribution in [2.75, 3.05) is 25.1 Å². The quantitative estimate of drug-likeness (QED) is 0.707. The van der Waals surface area contributed by atoms with Crippen molar-refractivity contribution < 1.29 is 9.90 Å². The molecule has 5 heteroatoms. The number of nitrogens with two attached hydrogens (primary N) is 1. The molecule has 0 fully saturated rings. The number of aryl methyl sites for hydroxylation is 1. The summed E-state index contributed by atoms with van der Waals surface area (Å²) in [4.78, 5) is 16.7. The van der Waals surface area contributed by atoms with E-state index in [1.165, 1.54) is 0 Å². The predicted octanol–water partition coefficient (Wildman–Crippen LogP) is -0.0720. The lowest BCUT2D eigenvalue weighted by Gasteiger charge is -2.17. The van der Waals surface area contributed by atoms with Crippen molar-refractivity contribution in [1.29, 1.82) is 0 Å². The van der Waals surface area contributed by atoms with Gasteiger partial charge in [0.1, 0.15) is 5.82 Å². The van der Waals surface area contributed by atoms with Crippen molar-refractivity contribution in [3.63, 3.8) is 0 Å². The largest absolute Gasteiger partial charge is 0.395 e. The third-order valence-electron chi connectivity index (χ3n) is 2.30. The van der Waals surface area contributed by atoms with Crippen molar-refractivity contribution in [2.45, 2.75) is 12.8 Å². The van der Waals surface area contributed by atoms with E-state index in [9.17, 15) is 4.79 Å². The summed E-state index contributed by atoms with van der Waals surface area (Å²) < 4.78 is 0. The molecule has 16 heavy (non-hydrogen) atoms. The molecule has 0 radical (unpaired) electrons. The number of aromatic nitrogens is 1. The number of nitrogens with zero attached hydrogens (tertiary/aromatic N) is 2. The molecule has 0 unspecified atom stereocenters. The SMILES string of the molecule is CN(CCO)c1cc(CCC(N)=O)ccn1. The Morgan fingerprint density at radius 1 is 1.62 bits per heavy atom. The minimum atomic E-state index is -0.304. The fourth-order valence-corrected chi connectivity index (χ4v) is 1.36. The number of carbonyl (C=O) groups is 1. The number of likely N-dealkylation sites (N-methyl/N-ethyl adjacent to an activating group) is 1. The molecule has 5 nitrogen and oxygen atoms in total. The van der Waals surface area contributed by atoms with E-state index in [1.807, 2.05) is 24.1 Å². The van der Waals surface area contributed by atoms with Gasteiger partial charge in [0.2, 0.25) is 5.91 Å². The Kier molecular flexibility index (Phi) is 4.72. The Labute approximate surface area is 94.9 Å². The monoisotopic (exact) mass is 223 g/mol. The van der Waals surface area contributed by atoms with Crippen LogP contribution < -0.4 is 10.6 Å². The van der Waals surface area contributed by atoms with E-state index < -0.39 is 0 Å². The summed E-state index contributed by atoms with van der Waals surface area (Å²) in [5, 5.41) is 8.81. The van der Waals surface area contributed by atoms with Gasteiger partial charge in [-0.05, 0) is 24.1 Å².